The van der Waals surface area contributed by atoms with Crippen LogP contribution in [0.15, 0.2) is 33.6 Å². The zero-order valence-corrected chi connectivity index (χ0v) is 9.32. The van der Waals surface area contributed by atoms with Crippen LogP contribution in [-0.4, -0.2) is 0 Å². The quantitative estimate of drug-likeness (QED) is 0.602. The summed E-state index contributed by atoms with van der Waals surface area (Å²) in [5, 5.41) is 0. The van der Waals surface area contributed by atoms with Crippen molar-refractivity contribution in [2.75, 3.05) is 0 Å². The van der Waals surface area contributed by atoms with Crippen molar-refractivity contribution in [3.63, 3.8) is 0 Å². The third-order valence-electron chi connectivity index (χ3n) is 2.74. The third kappa shape index (κ3) is 1.76. The molecule has 0 aromatic heterocycles. The zero-order valence-electron chi connectivity index (χ0n) is 8.50. The molecule has 0 amide bonds. The van der Waals surface area contributed by atoms with Gasteiger partial charge in [-0.15, -0.1) is 0 Å². The standard InChI is InChI=1S/C12H16S/c1-8(2)10-4-5-12-11(7-10)6-9(3)13-12/h4-6,8,11H,7H2,1-3H3. The van der Waals surface area contributed by atoms with Crippen LogP contribution in [0.1, 0.15) is 27.2 Å². The second-order valence-electron chi connectivity index (χ2n) is 4.16. The molecule has 13 heavy (non-hydrogen) atoms. The first-order chi connectivity index (χ1) is 6.16. The molecule has 2 aliphatic rings. The molecule has 0 saturated carbocycles. The lowest BCUT2D eigenvalue weighted by Crippen LogP contribution is -2.05. The maximum atomic E-state index is 2.41. The molecular formula is C12H16S. The number of hydrogen-bond donors (Lipinski definition) is 0. The van der Waals surface area contributed by atoms with Gasteiger partial charge in [0.2, 0.25) is 0 Å². The van der Waals surface area contributed by atoms with Crippen molar-refractivity contribution in [2.45, 2.75) is 27.2 Å². The van der Waals surface area contributed by atoms with E-state index in [0.717, 1.165) is 0 Å². The molecule has 0 nitrogen and oxygen atoms in total. The summed E-state index contributed by atoms with van der Waals surface area (Å²) in [6.45, 7) is 6.77. The molecule has 0 bridgehead atoms. The SMILES string of the molecule is CC1=CC2CC(C(C)C)=CC=C2S1. The third-order valence-corrected chi connectivity index (χ3v) is 3.87. The van der Waals surface area contributed by atoms with Crippen molar-refractivity contribution in [1.29, 1.82) is 0 Å². The van der Waals surface area contributed by atoms with Crippen molar-refractivity contribution in [2.24, 2.45) is 11.8 Å². The van der Waals surface area contributed by atoms with E-state index < -0.39 is 0 Å². The minimum atomic E-state index is 0.701. The van der Waals surface area contributed by atoms with Gasteiger partial charge in [0.25, 0.3) is 0 Å². The number of hydrogen-bond acceptors (Lipinski definition) is 1. The average Bonchev–Trinajstić information content (AvgIpc) is 2.42. The monoisotopic (exact) mass is 192 g/mol. The Morgan fingerprint density at radius 1 is 1.38 bits per heavy atom. The summed E-state index contributed by atoms with van der Waals surface area (Å²) in [6.07, 6.45) is 8.27. The van der Waals surface area contributed by atoms with Crippen LogP contribution >= 0.6 is 11.8 Å². The molecule has 1 heterocycles. The first-order valence-electron chi connectivity index (χ1n) is 4.93. The topological polar surface area (TPSA) is 0 Å². The van der Waals surface area contributed by atoms with Gasteiger partial charge in [0.05, 0.1) is 0 Å². The molecule has 0 aromatic rings. The fourth-order valence-electron chi connectivity index (χ4n) is 1.92. The maximum Gasteiger partial charge on any atom is 0.0130 e. The van der Waals surface area contributed by atoms with E-state index in [1.54, 1.807) is 10.5 Å². The molecule has 70 valence electrons. The number of fused-ring (bicyclic) bond motifs is 1. The normalized spacial score (nSPS) is 26.8. The highest BCUT2D eigenvalue weighted by molar-refractivity contribution is 8.07. The van der Waals surface area contributed by atoms with Crippen LogP contribution in [0, 0.1) is 11.8 Å². The van der Waals surface area contributed by atoms with Gasteiger partial charge >= 0.3 is 0 Å². The van der Waals surface area contributed by atoms with Crippen molar-refractivity contribution in [3.8, 4) is 0 Å². The van der Waals surface area contributed by atoms with Gasteiger partial charge in [0.15, 0.2) is 0 Å². The van der Waals surface area contributed by atoms with Gasteiger partial charge in [-0.1, -0.05) is 49.4 Å². The van der Waals surface area contributed by atoms with Crippen molar-refractivity contribution in [1.82, 2.24) is 0 Å². The molecule has 0 N–H and O–H groups in total. The highest BCUT2D eigenvalue weighted by atomic mass is 32.2. The van der Waals surface area contributed by atoms with Crippen LogP contribution in [0.4, 0.5) is 0 Å². The van der Waals surface area contributed by atoms with E-state index in [1.165, 1.54) is 11.3 Å². The van der Waals surface area contributed by atoms with E-state index in [4.69, 9.17) is 0 Å². The van der Waals surface area contributed by atoms with Gasteiger partial charge in [-0.3, -0.25) is 0 Å². The molecule has 1 unspecified atom stereocenters. The molecular weight excluding hydrogens is 176 g/mol. The highest BCUT2D eigenvalue weighted by Gasteiger charge is 2.24. The van der Waals surface area contributed by atoms with Gasteiger partial charge in [0.1, 0.15) is 0 Å². The number of allylic oxidation sites excluding steroid dienone is 6. The van der Waals surface area contributed by atoms with Gasteiger partial charge < -0.3 is 0 Å². The molecule has 1 aliphatic carbocycles. The Morgan fingerprint density at radius 2 is 2.15 bits per heavy atom. The van der Waals surface area contributed by atoms with Crippen LogP contribution in [0.25, 0.3) is 0 Å². The largest absolute Gasteiger partial charge is 0.0990 e. The van der Waals surface area contributed by atoms with E-state index >= 15 is 0 Å². The predicted octanol–water partition coefficient (Wildman–Crippen LogP) is 4.12. The zero-order chi connectivity index (χ0) is 9.42. The molecule has 0 saturated heterocycles. The molecule has 1 heteroatoms. The smallest absolute Gasteiger partial charge is 0.0130 e. The number of thioether (sulfide) groups is 1. The summed E-state index contributed by atoms with van der Waals surface area (Å²) < 4.78 is 0. The second kappa shape index (κ2) is 3.38. The van der Waals surface area contributed by atoms with E-state index in [0.29, 0.717) is 11.8 Å². The molecule has 0 radical (unpaired) electrons. The van der Waals surface area contributed by atoms with Gasteiger partial charge in [0, 0.05) is 5.92 Å². The van der Waals surface area contributed by atoms with Gasteiger partial charge in [-0.2, -0.15) is 0 Å². The fourth-order valence-corrected chi connectivity index (χ4v) is 2.96. The van der Waals surface area contributed by atoms with Crippen molar-refractivity contribution >= 4 is 11.8 Å². The molecule has 1 aliphatic heterocycles. The molecule has 0 fully saturated rings. The Hall–Kier alpha value is -0.430. The van der Waals surface area contributed by atoms with Crippen molar-refractivity contribution < 1.29 is 0 Å². The van der Waals surface area contributed by atoms with E-state index in [1.807, 2.05) is 11.8 Å². The first kappa shape index (κ1) is 9.14. The molecule has 1 atom stereocenters. The van der Waals surface area contributed by atoms with Gasteiger partial charge in [-0.25, -0.2) is 0 Å². The van der Waals surface area contributed by atoms with Crippen LogP contribution in [-0.2, 0) is 0 Å². The summed E-state index contributed by atoms with van der Waals surface area (Å²) >= 11 is 1.94. The van der Waals surface area contributed by atoms with E-state index in [9.17, 15) is 0 Å². The molecule has 2 rings (SSSR count). The van der Waals surface area contributed by atoms with Crippen LogP contribution < -0.4 is 0 Å². The van der Waals surface area contributed by atoms with Crippen LogP contribution in [0.2, 0.25) is 0 Å². The summed E-state index contributed by atoms with van der Waals surface area (Å²) in [7, 11) is 0. The summed E-state index contributed by atoms with van der Waals surface area (Å²) in [4.78, 5) is 3.01. The molecule has 0 spiro atoms. The van der Waals surface area contributed by atoms with Gasteiger partial charge in [-0.05, 0) is 29.1 Å². The summed E-state index contributed by atoms with van der Waals surface area (Å²) in [6, 6.07) is 0. The first-order valence-corrected chi connectivity index (χ1v) is 5.75. The van der Waals surface area contributed by atoms with Crippen LogP contribution in [0.3, 0.4) is 0 Å². The lowest BCUT2D eigenvalue weighted by Gasteiger charge is -2.19. The van der Waals surface area contributed by atoms with Crippen molar-refractivity contribution in [3.05, 3.63) is 33.6 Å². The fraction of sp³-hybridized carbons (Fsp3) is 0.500. The lowest BCUT2D eigenvalue weighted by atomic mass is 9.88. The van der Waals surface area contributed by atoms with E-state index in [2.05, 4.69) is 39.0 Å². The molecule has 0 aromatic carbocycles. The lowest BCUT2D eigenvalue weighted by molar-refractivity contribution is 0.655. The summed E-state index contributed by atoms with van der Waals surface area (Å²) in [5.74, 6) is 1.41. The minimum Gasteiger partial charge on any atom is -0.0990 e. The average molecular weight is 192 g/mol. The Morgan fingerprint density at radius 3 is 2.85 bits per heavy atom. The van der Waals surface area contributed by atoms with Crippen LogP contribution in [0.5, 0.6) is 0 Å². The Bertz CT molecular complexity index is 305. The minimum absolute atomic E-state index is 0.701. The Kier molecular flexibility index (Phi) is 2.37. The Labute approximate surface area is 84.8 Å². The predicted molar refractivity (Wildman–Crippen MR) is 60.5 cm³/mol. The second-order valence-corrected chi connectivity index (χ2v) is 5.47. The Balaban J connectivity index is 2.20. The number of rotatable bonds is 1. The summed E-state index contributed by atoms with van der Waals surface area (Å²) in [5.41, 5.74) is 1.60. The highest BCUT2D eigenvalue weighted by Crippen LogP contribution is 2.45. The maximum absolute atomic E-state index is 2.41. The van der Waals surface area contributed by atoms with E-state index in [-0.39, 0.29) is 0 Å².